The van der Waals surface area contributed by atoms with Crippen molar-refractivity contribution < 1.29 is 14.3 Å². The number of nitrogens with zero attached hydrogens (tertiary/aromatic N) is 3. The van der Waals surface area contributed by atoms with Crippen LogP contribution < -0.4 is 10.1 Å². The second-order valence-corrected chi connectivity index (χ2v) is 9.83. The molecule has 1 N–H and O–H groups in total. The number of aryl methyl sites for hydroxylation is 1. The molecular formula is C26H40N4O3. The molecule has 3 heterocycles. The number of nitrogens with one attached hydrogen (secondary N) is 1. The van der Waals surface area contributed by atoms with Crippen LogP contribution >= 0.6 is 0 Å². The van der Waals surface area contributed by atoms with Crippen molar-refractivity contribution in [1.82, 2.24) is 20.0 Å². The Morgan fingerprint density at radius 3 is 2.61 bits per heavy atom. The number of likely N-dealkylation sites (N-methyl/N-ethyl adjacent to an activating group) is 1. The van der Waals surface area contributed by atoms with E-state index in [1.54, 1.807) is 0 Å². The molecule has 2 amide bonds. The van der Waals surface area contributed by atoms with E-state index in [2.05, 4.69) is 34.2 Å². The van der Waals surface area contributed by atoms with Crippen LogP contribution in [0.15, 0.2) is 24.3 Å². The highest BCUT2D eigenvalue weighted by atomic mass is 16.5. The van der Waals surface area contributed by atoms with Gasteiger partial charge in [-0.2, -0.15) is 0 Å². The third-order valence-corrected chi connectivity index (χ3v) is 7.65. The summed E-state index contributed by atoms with van der Waals surface area (Å²) in [6.07, 6.45) is 5.53. The normalized spacial score (nSPS) is 26.0. The van der Waals surface area contributed by atoms with Crippen molar-refractivity contribution in [2.75, 3.05) is 65.5 Å². The van der Waals surface area contributed by atoms with E-state index in [9.17, 15) is 9.59 Å². The molecule has 7 nitrogen and oxygen atoms in total. The van der Waals surface area contributed by atoms with Crippen LogP contribution in [0.3, 0.4) is 0 Å². The highest BCUT2D eigenvalue weighted by Gasteiger charge is 2.43. The highest BCUT2D eigenvalue weighted by molar-refractivity contribution is 5.85. The molecule has 1 aromatic rings. The minimum absolute atomic E-state index is 0.0917. The van der Waals surface area contributed by atoms with Crippen LogP contribution in [0.2, 0.25) is 0 Å². The number of carbonyl (C=O) groups is 2. The number of hydrogen-bond acceptors (Lipinski definition) is 5. The van der Waals surface area contributed by atoms with E-state index in [1.807, 2.05) is 17.0 Å². The fourth-order valence-electron chi connectivity index (χ4n) is 5.55. The second kappa shape index (κ2) is 11.3. The largest absolute Gasteiger partial charge is 0.491 e. The summed E-state index contributed by atoms with van der Waals surface area (Å²) in [5, 5.41) is 3.13. The lowest BCUT2D eigenvalue weighted by atomic mass is 9.74. The SMILES string of the molecule is CCN1CCN(CC(=O)N2CCCC3(CCCCc4ccccc4OCCNC3=O)C2)CC1. The molecule has 0 aromatic heterocycles. The number of carbonyl (C=O) groups excluding carboxylic acids is 2. The van der Waals surface area contributed by atoms with Gasteiger partial charge in [0, 0.05) is 39.3 Å². The Kier molecular flexibility index (Phi) is 8.25. The Bertz CT molecular complexity index is 808. The van der Waals surface area contributed by atoms with E-state index in [-0.39, 0.29) is 11.8 Å². The number of amides is 2. The van der Waals surface area contributed by atoms with Crippen LogP contribution in [0.4, 0.5) is 0 Å². The van der Waals surface area contributed by atoms with E-state index >= 15 is 0 Å². The van der Waals surface area contributed by atoms with E-state index in [0.29, 0.717) is 26.2 Å². The standard InChI is InChI=1S/C26H40N4O3/c1-2-28-15-17-29(18-16-28)20-24(31)30-14-7-12-26(21-30)11-6-5-9-22-8-3-4-10-23(22)33-19-13-27-25(26)32/h3-4,8,10H,2,5-7,9,11-21H2,1H3,(H,27,32). The number of hydrogen-bond donors (Lipinski definition) is 1. The number of likely N-dealkylation sites (tertiary alicyclic amines) is 1. The zero-order valence-corrected chi connectivity index (χ0v) is 20.2. The van der Waals surface area contributed by atoms with Gasteiger partial charge in [-0.05, 0) is 50.3 Å². The Morgan fingerprint density at radius 1 is 1.03 bits per heavy atom. The van der Waals surface area contributed by atoms with E-state index < -0.39 is 5.41 Å². The molecular weight excluding hydrogens is 416 g/mol. The van der Waals surface area contributed by atoms with Crippen molar-refractivity contribution in [3.05, 3.63) is 29.8 Å². The predicted octanol–water partition coefficient (Wildman–Crippen LogP) is 2.15. The monoisotopic (exact) mass is 456 g/mol. The van der Waals surface area contributed by atoms with Crippen molar-refractivity contribution in [1.29, 1.82) is 0 Å². The van der Waals surface area contributed by atoms with E-state index in [1.165, 1.54) is 5.56 Å². The van der Waals surface area contributed by atoms with Gasteiger partial charge < -0.3 is 19.9 Å². The molecule has 2 saturated heterocycles. The van der Waals surface area contributed by atoms with Crippen molar-refractivity contribution in [3.8, 4) is 5.75 Å². The van der Waals surface area contributed by atoms with Crippen molar-refractivity contribution in [2.24, 2.45) is 5.41 Å². The number of piperazine rings is 1. The van der Waals surface area contributed by atoms with E-state index in [4.69, 9.17) is 4.74 Å². The fourth-order valence-corrected chi connectivity index (χ4v) is 5.55. The summed E-state index contributed by atoms with van der Waals surface area (Å²) >= 11 is 0. The molecule has 1 atom stereocenters. The molecule has 182 valence electrons. The predicted molar refractivity (Wildman–Crippen MR) is 129 cm³/mol. The first-order chi connectivity index (χ1) is 16.1. The van der Waals surface area contributed by atoms with Gasteiger partial charge in [-0.25, -0.2) is 0 Å². The zero-order valence-electron chi connectivity index (χ0n) is 20.2. The highest BCUT2D eigenvalue weighted by Crippen LogP contribution is 2.36. The number of benzene rings is 1. The Morgan fingerprint density at radius 2 is 1.79 bits per heavy atom. The lowest BCUT2D eigenvalue weighted by molar-refractivity contribution is -0.143. The summed E-state index contributed by atoms with van der Waals surface area (Å²) in [6.45, 7) is 9.94. The van der Waals surface area contributed by atoms with Gasteiger partial charge >= 0.3 is 0 Å². The first kappa shape index (κ1) is 24.0. The molecule has 1 aromatic carbocycles. The summed E-state index contributed by atoms with van der Waals surface area (Å²) in [5.41, 5.74) is 0.759. The Hall–Kier alpha value is -2.12. The zero-order chi connectivity index (χ0) is 23.1. The number of para-hydroxylation sites is 1. The number of rotatable bonds is 3. The van der Waals surface area contributed by atoms with Gasteiger partial charge in [-0.1, -0.05) is 31.5 Å². The third-order valence-electron chi connectivity index (χ3n) is 7.65. The second-order valence-electron chi connectivity index (χ2n) is 9.83. The summed E-state index contributed by atoms with van der Waals surface area (Å²) < 4.78 is 5.96. The molecule has 4 rings (SSSR count). The van der Waals surface area contributed by atoms with E-state index in [0.717, 1.165) is 83.5 Å². The number of ether oxygens (including phenoxy) is 1. The van der Waals surface area contributed by atoms with Crippen molar-refractivity contribution >= 4 is 11.8 Å². The van der Waals surface area contributed by atoms with Gasteiger partial charge in [0.2, 0.25) is 11.8 Å². The minimum atomic E-state index is -0.479. The maximum Gasteiger partial charge on any atom is 0.236 e. The van der Waals surface area contributed by atoms with Gasteiger partial charge in [0.05, 0.1) is 18.5 Å². The molecule has 0 bridgehead atoms. The number of piperidine rings is 1. The first-order valence-electron chi connectivity index (χ1n) is 12.8. The van der Waals surface area contributed by atoms with Gasteiger partial charge in [0.15, 0.2) is 0 Å². The average molecular weight is 457 g/mol. The maximum absolute atomic E-state index is 13.4. The van der Waals surface area contributed by atoms with Crippen LogP contribution in [0.25, 0.3) is 0 Å². The quantitative estimate of drug-likeness (QED) is 0.755. The summed E-state index contributed by atoms with van der Waals surface area (Å²) in [7, 11) is 0. The Balaban J connectivity index is 1.38. The molecule has 3 aliphatic rings. The van der Waals surface area contributed by atoms with Crippen molar-refractivity contribution in [3.63, 3.8) is 0 Å². The topological polar surface area (TPSA) is 65.1 Å². The fraction of sp³-hybridized carbons (Fsp3) is 0.692. The molecule has 0 aliphatic carbocycles. The molecule has 0 radical (unpaired) electrons. The number of fused-ring (bicyclic) bond motifs is 1. The average Bonchev–Trinajstić information content (AvgIpc) is 2.85. The third kappa shape index (κ3) is 6.07. The lowest BCUT2D eigenvalue weighted by Gasteiger charge is -2.43. The summed E-state index contributed by atoms with van der Waals surface area (Å²) in [5.74, 6) is 1.19. The van der Waals surface area contributed by atoms with Crippen LogP contribution in [0, 0.1) is 5.41 Å². The van der Waals surface area contributed by atoms with Crippen LogP contribution in [-0.4, -0.2) is 92.0 Å². The van der Waals surface area contributed by atoms with Crippen molar-refractivity contribution in [2.45, 2.75) is 45.4 Å². The van der Waals surface area contributed by atoms with Crippen LogP contribution in [0.5, 0.6) is 5.75 Å². The van der Waals surface area contributed by atoms with Crippen LogP contribution in [-0.2, 0) is 16.0 Å². The minimum Gasteiger partial charge on any atom is -0.491 e. The van der Waals surface area contributed by atoms with Gasteiger partial charge in [0.1, 0.15) is 12.4 Å². The Labute approximate surface area is 198 Å². The summed E-state index contributed by atoms with van der Waals surface area (Å²) in [6, 6.07) is 8.20. The van der Waals surface area contributed by atoms with Gasteiger partial charge in [-0.3, -0.25) is 14.5 Å². The van der Waals surface area contributed by atoms with Gasteiger partial charge in [-0.15, -0.1) is 0 Å². The smallest absolute Gasteiger partial charge is 0.236 e. The molecule has 33 heavy (non-hydrogen) atoms. The maximum atomic E-state index is 13.4. The molecule has 3 aliphatic heterocycles. The summed E-state index contributed by atoms with van der Waals surface area (Å²) in [4.78, 5) is 33.2. The lowest BCUT2D eigenvalue weighted by Crippen LogP contribution is -2.56. The molecule has 7 heteroatoms. The molecule has 1 unspecified atom stereocenters. The first-order valence-corrected chi connectivity index (χ1v) is 12.8. The van der Waals surface area contributed by atoms with Crippen LogP contribution in [0.1, 0.15) is 44.6 Å². The molecule has 0 saturated carbocycles. The molecule has 2 fully saturated rings. The van der Waals surface area contributed by atoms with Gasteiger partial charge in [0.25, 0.3) is 0 Å². The molecule has 1 spiro atoms.